The average Bonchev–Trinajstić information content (AvgIpc) is 1.49. The fourth-order valence-electron chi connectivity index (χ4n) is 16.5. The lowest BCUT2D eigenvalue weighted by molar-refractivity contribution is 0.438. The summed E-state index contributed by atoms with van der Waals surface area (Å²) in [5, 5.41) is 0. The van der Waals surface area contributed by atoms with Gasteiger partial charge in [-0.15, -0.1) is 0 Å². The fourth-order valence-corrected chi connectivity index (χ4v) is 16.5. The maximum Gasteiger partial charge on any atom is 0.164 e. The van der Waals surface area contributed by atoms with Crippen molar-refractivity contribution in [1.29, 1.82) is 0 Å². The zero-order valence-electron chi connectivity index (χ0n) is 57.3. The normalized spacial score (nSPS) is 13.0. The SMILES string of the molecule is c1ccc(-c2ccc(-c3nc(-c4ccccc4)nc(-c4ccc(-c5cccc6c5Oc5ccccc5C65c6ccccc6-c6ccccc65)cc4)n3)cc2)cc1.c1ccc(-c2nc(-c3ccccc3)nc(-c3ccc(-c4cccc5c4Oc4ccccc4C54c5ccccc5-c5ccccc54)cc3)n2)cc1. The van der Waals surface area contributed by atoms with Gasteiger partial charge in [-0.1, -0.05) is 364 Å². The minimum Gasteiger partial charge on any atom is -0.456 e. The summed E-state index contributed by atoms with van der Waals surface area (Å²) in [4.78, 5) is 29.8. The number of fused-ring (bicyclic) bond motifs is 18. The molecule has 4 aliphatic rings. The Labute approximate surface area is 614 Å². The second-order valence-corrected chi connectivity index (χ2v) is 27.1. The van der Waals surface area contributed by atoms with E-state index in [4.69, 9.17) is 39.4 Å². The van der Waals surface area contributed by atoms with Gasteiger partial charge in [0.25, 0.3) is 0 Å². The summed E-state index contributed by atoms with van der Waals surface area (Å²) in [6.45, 7) is 0. The molecule has 2 spiro atoms. The van der Waals surface area contributed by atoms with E-state index in [2.05, 4.69) is 279 Å². The van der Waals surface area contributed by atoms with Crippen LogP contribution in [0.15, 0.2) is 376 Å². The van der Waals surface area contributed by atoms with Gasteiger partial charge in [0.2, 0.25) is 0 Å². The first-order chi connectivity index (χ1) is 52.5. The first-order valence-electron chi connectivity index (χ1n) is 35.8. The van der Waals surface area contributed by atoms with Gasteiger partial charge in [-0.3, -0.25) is 0 Å². The van der Waals surface area contributed by atoms with Crippen molar-refractivity contribution in [2.24, 2.45) is 0 Å². The van der Waals surface area contributed by atoms with Crippen molar-refractivity contribution in [3.63, 3.8) is 0 Å². The second-order valence-electron chi connectivity index (χ2n) is 27.1. The van der Waals surface area contributed by atoms with Gasteiger partial charge in [0.05, 0.1) is 10.8 Å². The summed E-state index contributed by atoms with van der Waals surface area (Å²) in [6.07, 6.45) is 0. The Hall–Kier alpha value is -14.1. The van der Waals surface area contributed by atoms with Crippen molar-refractivity contribution in [3.05, 3.63) is 421 Å². The van der Waals surface area contributed by atoms with Crippen molar-refractivity contribution in [3.8, 4) is 147 Å². The maximum atomic E-state index is 6.93. The van der Waals surface area contributed by atoms with Crippen molar-refractivity contribution in [1.82, 2.24) is 29.9 Å². The molecule has 8 nitrogen and oxygen atoms in total. The van der Waals surface area contributed by atoms with Gasteiger partial charge in [-0.05, 0) is 78.9 Å². The number of hydrogen-bond donors (Lipinski definition) is 0. The Kier molecular flexibility index (Phi) is 14.8. The summed E-state index contributed by atoms with van der Waals surface area (Å²) >= 11 is 0. The summed E-state index contributed by atoms with van der Waals surface area (Å²) in [5.74, 6) is 7.30. The van der Waals surface area contributed by atoms with Crippen LogP contribution in [0.1, 0.15) is 44.5 Å². The molecule has 0 bridgehead atoms. The Balaban J connectivity index is 0.000000141. The van der Waals surface area contributed by atoms with Crippen LogP contribution in [0, 0.1) is 0 Å². The van der Waals surface area contributed by atoms with Crippen LogP contribution in [-0.4, -0.2) is 29.9 Å². The van der Waals surface area contributed by atoms with Crippen LogP contribution in [0.5, 0.6) is 23.0 Å². The van der Waals surface area contributed by atoms with Crippen LogP contribution < -0.4 is 9.47 Å². The van der Waals surface area contributed by atoms with Gasteiger partial charge in [-0.25, -0.2) is 29.9 Å². The van der Waals surface area contributed by atoms with Gasteiger partial charge >= 0.3 is 0 Å². The number of rotatable bonds is 9. The van der Waals surface area contributed by atoms with Gasteiger partial charge in [0, 0.05) is 66.8 Å². The zero-order valence-corrected chi connectivity index (χ0v) is 57.3. The molecule has 0 fully saturated rings. The van der Waals surface area contributed by atoms with Crippen molar-refractivity contribution < 1.29 is 9.47 Å². The number of nitrogens with zero attached hydrogens (tertiary/aromatic N) is 6. The molecule has 0 amide bonds. The molecule has 8 heteroatoms. The van der Waals surface area contributed by atoms with E-state index in [1.807, 2.05) is 97.1 Å². The van der Waals surface area contributed by atoms with Gasteiger partial charge < -0.3 is 9.47 Å². The highest BCUT2D eigenvalue weighted by atomic mass is 16.5. The molecule has 2 aromatic heterocycles. The summed E-state index contributed by atoms with van der Waals surface area (Å²) < 4.78 is 13.8. The molecule has 15 aromatic carbocycles. The molecule has 17 aromatic rings. The van der Waals surface area contributed by atoms with Gasteiger partial charge in [0.1, 0.15) is 23.0 Å². The van der Waals surface area contributed by atoms with Crippen LogP contribution >= 0.6 is 0 Å². The van der Waals surface area contributed by atoms with Crippen LogP contribution in [0.4, 0.5) is 0 Å². The molecule has 2 aliphatic heterocycles. The highest BCUT2D eigenvalue weighted by Gasteiger charge is 2.53. The summed E-state index contributed by atoms with van der Waals surface area (Å²) in [7, 11) is 0. The van der Waals surface area contributed by atoms with Crippen LogP contribution in [-0.2, 0) is 10.8 Å². The Morgan fingerprint density at radius 2 is 0.358 bits per heavy atom. The fraction of sp³-hybridized carbons (Fsp3) is 0.0204. The molecule has 0 saturated carbocycles. The van der Waals surface area contributed by atoms with E-state index in [0.717, 1.165) is 106 Å². The van der Waals surface area contributed by atoms with Gasteiger partial charge in [-0.2, -0.15) is 0 Å². The highest BCUT2D eigenvalue weighted by molar-refractivity contribution is 5.93. The molecular weight excluding hydrogens is 1290 g/mol. The number of hydrogen-bond acceptors (Lipinski definition) is 8. The minimum absolute atomic E-state index is 0.500. The predicted molar refractivity (Wildman–Crippen MR) is 423 cm³/mol. The Morgan fingerprint density at radius 1 is 0.151 bits per heavy atom. The first-order valence-corrected chi connectivity index (χ1v) is 35.8. The van der Waals surface area contributed by atoms with E-state index in [1.165, 1.54) is 50.1 Å². The lowest BCUT2D eigenvalue weighted by Gasteiger charge is -2.40. The van der Waals surface area contributed by atoms with E-state index in [0.29, 0.717) is 34.9 Å². The third-order valence-electron chi connectivity index (χ3n) is 21.3. The lowest BCUT2D eigenvalue weighted by atomic mass is 9.65. The second kappa shape index (κ2) is 25.5. The summed E-state index contributed by atoms with van der Waals surface area (Å²) in [6, 6.07) is 131. The lowest BCUT2D eigenvalue weighted by Crippen LogP contribution is -2.32. The number of benzene rings is 15. The van der Waals surface area contributed by atoms with Crippen molar-refractivity contribution in [2.45, 2.75) is 10.8 Å². The molecule has 21 rings (SSSR count). The molecule has 496 valence electrons. The van der Waals surface area contributed by atoms with E-state index in [-0.39, 0.29) is 0 Å². The molecule has 4 heterocycles. The molecule has 0 atom stereocenters. The van der Waals surface area contributed by atoms with Crippen molar-refractivity contribution in [2.75, 3.05) is 0 Å². The quantitative estimate of drug-likeness (QED) is 0.141. The van der Waals surface area contributed by atoms with E-state index in [1.54, 1.807) is 0 Å². The topological polar surface area (TPSA) is 95.8 Å². The van der Waals surface area contributed by atoms with Crippen LogP contribution in [0.25, 0.3) is 124 Å². The van der Waals surface area contributed by atoms with Crippen molar-refractivity contribution >= 4 is 0 Å². The predicted octanol–water partition coefficient (Wildman–Crippen LogP) is 23.7. The Morgan fingerprint density at radius 3 is 0.670 bits per heavy atom. The number of ether oxygens (including phenoxy) is 2. The van der Waals surface area contributed by atoms with E-state index < -0.39 is 10.8 Å². The molecule has 106 heavy (non-hydrogen) atoms. The third-order valence-corrected chi connectivity index (χ3v) is 21.3. The van der Waals surface area contributed by atoms with Crippen LogP contribution in [0.3, 0.4) is 0 Å². The van der Waals surface area contributed by atoms with Crippen LogP contribution in [0.2, 0.25) is 0 Å². The van der Waals surface area contributed by atoms with E-state index in [9.17, 15) is 0 Å². The minimum atomic E-state index is -0.512. The number of aromatic nitrogens is 6. The standard InChI is InChI=1S/C52H33N3O.C46H29N3O/c1-3-14-34(15-4-1)35-26-30-38(31-27-35)50-53-49(37-16-5-2-6-17-37)54-51(55-50)39-32-28-36(29-33-39)40-20-13-24-46-48(40)56-47-25-12-11-23-45(47)52(46)43-21-9-7-18-41(43)42-19-8-10-22-44(42)52;1-3-14-31(15-4-1)43-47-44(32-16-5-2-6-17-32)49-45(48-43)33-28-26-30(27-29-33)34-20-13-24-40-42(34)50-41-25-12-11-23-39(41)46(40)37-21-9-7-18-35(37)36-19-8-10-22-38(36)46/h1-33H;1-29H. The molecular formula is C98H62N6O2. The van der Waals surface area contributed by atoms with E-state index >= 15 is 0 Å². The molecule has 0 N–H and O–H groups in total. The summed E-state index contributed by atoms with van der Waals surface area (Å²) in [5.41, 5.74) is 25.8. The average molecular weight is 1360 g/mol. The molecule has 0 radical (unpaired) electrons. The maximum absolute atomic E-state index is 6.93. The largest absolute Gasteiger partial charge is 0.456 e. The Bertz CT molecular complexity index is 6100. The zero-order chi connectivity index (χ0) is 70.1. The third kappa shape index (κ3) is 10.1. The molecule has 2 aliphatic carbocycles. The van der Waals surface area contributed by atoms with Gasteiger partial charge in [0.15, 0.2) is 34.9 Å². The molecule has 0 saturated heterocycles. The monoisotopic (exact) mass is 1350 g/mol. The smallest absolute Gasteiger partial charge is 0.164 e. The molecule has 0 unspecified atom stereocenters. The first kappa shape index (κ1) is 61.8. The number of para-hydroxylation sites is 4. The highest BCUT2D eigenvalue weighted by Crippen LogP contribution is 2.65.